The lowest BCUT2D eigenvalue weighted by molar-refractivity contribution is 0.131. The summed E-state index contributed by atoms with van der Waals surface area (Å²) in [6, 6.07) is 0. The van der Waals surface area contributed by atoms with Crippen LogP contribution in [0.5, 0.6) is 0 Å². The Hall–Kier alpha value is -0.0800. The van der Waals surface area contributed by atoms with E-state index in [-0.39, 0.29) is 0 Å². The molecule has 1 N–H and O–H groups in total. The Labute approximate surface area is 113 Å². The molecule has 1 saturated heterocycles. The molecule has 2 heteroatoms. The van der Waals surface area contributed by atoms with Crippen LogP contribution in [0.15, 0.2) is 0 Å². The van der Waals surface area contributed by atoms with Gasteiger partial charge >= 0.3 is 0 Å². The second kappa shape index (κ2) is 5.92. The van der Waals surface area contributed by atoms with Gasteiger partial charge in [-0.3, -0.25) is 0 Å². The fourth-order valence-electron chi connectivity index (χ4n) is 4.76. The predicted octanol–water partition coefficient (Wildman–Crippen LogP) is 2.74. The molecule has 2 aliphatic carbocycles. The summed E-state index contributed by atoms with van der Waals surface area (Å²) in [5.74, 6) is 4.19. The van der Waals surface area contributed by atoms with Gasteiger partial charge in [-0.15, -0.1) is 0 Å². The maximum Gasteiger partial charge on any atom is 0.00219 e. The third-order valence-electron chi connectivity index (χ3n) is 5.66. The molecule has 0 amide bonds. The first-order valence-corrected chi connectivity index (χ1v) is 8.28. The van der Waals surface area contributed by atoms with Crippen LogP contribution >= 0.6 is 0 Å². The predicted molar refractivity (Wildman–Crippen MR) is 76.6 cm³/mol. The van der Waals surface area contributed by atoms with Crippen molar-refractivity contribution in [2.75, 3.05) is 32.7 Å². The van der Waals surface area contributed by atoms with Crippen LogP contribution in [0.2, 0.25) is 0 Å². The van der Waals surface area contributed by atoms with E-state index in [9.17, 15) is 0 Å². The lowest BCUT2D eigenvalue weighted by Gasteiger charge is -2.36. The van der Waals surface area contributed by atoms with Crippen LogP contribution < -0.4 is 5.32 Å². The maximum absolute atomic E-state index is 3.53. The van der Waals surface area contributed by atoms with Crippen molar-refractivity contribution < 1.29 is 0 Å². The van der Waals surface area contributed by atoms with Gasteiger partial charge in [-0.2, -0.15) is 0 Å². The molecule has 1 aliphatic heterocycles. The van der Waals surface area contributed by atoms with E-state index in [0.29, 0.717) is 0 Å². The molecule has 2 bridgehead atoms. The van der Waals surface area contributed by atoms with Crippen LogP contribution in [-0.2, 0) is 0 Å². The second-order valence-corrected chi connectivity index (χ2v) is 7.01. The van der Waals surface area contributed by atoms with Crippen LogP contribution in [0.25, 0.3) is 0 Å². The molecule has 0 aromatic heterocycles. The van der Waals surface area contributed by atoms with E-state index >= 15 is 0 Å². The highest BCUT2D eigenvalue weighted by Gasteiger charge is 2.40. The highest BCUT2D eigenvalue weighted by Crippen LogP contribution is 2.48. The van der Waals surface area contributed by atoms with E-state index in [1.54, 1.807) is 25.7 Å². The molecule has 18 heavy (non-hydrogen) atoms. The molecular formula is C16H30N2. The van der Waals surface area contributed by atoms with E-state index in [2.05, 4.69) is 17.1 Å². The van der Waals surface area contributed by atoms with Gasteiger partial charge in [0.2, 0.25) is 0 Å². The van der Waals surface area contributed by atoms with E-state index in [1.165, 1.54) is 39.0 Å². The van der Waals surface area contributed by atoms with Crippen molar-refractivity contribution in [3.8, 4) is 0 Å². The number of hydrogen-bond donors (Lipinski definition) is 1. The summed E-state index contributed by atoms with van der Waals surface area (Å²) < 4.78 is 0. The van der Waals surface area contributed by atoms with Gasteiger partial charge in [0.25, 0.3) is 0 Å². The van der Waals surface area contributed by atoms with Gasteiger partial charge in [-0.05, 0) is 75.4 Å². The quantitative estimate of drug-likeness (QED) is 0.807. The Morgan fingerprint density at radius 2 is 2.11 bits per heavy atom. The van der Waals surface area contributed by atoms with Crippen molar-refractivity contribution in [1.29, 1.82) is 0 Å². The summed E-state index contributed by atoms with van der Waals surface area (Å²) in [4.78, 5) is 2.79. The normalized spacial score (nSPS) is 40.5. The van der Waals surface area contributed by atoms with Gasteiger partial charge in [0.1, 0.15) is 0 Å². The first kappa shape index (κ1) is 12.9. The highest BCUT2D eigenvalue weighted by molar-refractivity contribution is 4.91. The zero-order valence-corrected chi connectivity index (χ0v) is 12.0. The second-order valence-electron chi connectivity index (χ2n) is 7.01. The van der Waals surface area contributed by atoms with Crippen molar-refractivity contribution in [2.24, 2.45) is 23.7 Å². The number of fused-ring (bicyclic) bond motifs is 2. The maximum atomic E-state index is 3.53. The minimum atomic E-state index is 0.914. The molecule has 0 aromatic carbocycles. The largest absolute Gasteiger partial charge is 0.317 e. The number of piperidine rings is 1. The number of nitrogens with one attached hydrogen (secondary N) is 1. The summed E-state index contributed by atoms with van der Waals surface area (Å²) in [6.07, 6.45) is 9.09. The zero-order valence-electron chi connectivity index (χ0n) is 12.0. The van der Waals surface area contributed by atoms with E-state index in [4.69, 9.17) is 0 Å². The zero-order chi connectivity index (χ0) is 12.4. The molecular weight excluding hydrogens is 220 g/mol. The monoisotopic (exact) mass is 250 g/mol. The highest BCUT2D eigenvalue weighted by atomic mass is 15.1. The molecule has 4 atom stereocenters. The van der Waals surface area contributed by atoms with Gasteiger partial charge in [-0.25, -0.2) is 0 Å². The lowest BCUT2D eigenvalue weighted by Crippen LogP contribution is -2.42. The standard InChI is InChI=1S/C16H30N2/c1-2-17-10-14-4-3-7-18(11-14)12-16-9-13-5-6-15(16)8-13/h13-17H,2-12H2,1H3. The SMILES string of the molecule is CCNCC1CCCN(CC2CC3CCC2C3)C1. The summed E-state index contributed by atoms with van der Waals surface area (Å²) in [5.41, 5.74) is 0. The van der Waals surface area contributed by atoms with Crippen molar-refractivity contribution in [3.05, 3.63) is 0 Å². The summed E-state index contributed by atoms with van der Waals surface area (Å²) in [7, 11) is 0. The smallest absolute Gasteiger partial charge is 0.00219 e. The Bertz CT molecular complexity index is 266. The third kappa shape index (κ3) is 2.91. The van der Waals surface area contributed by atoms with Crippen molar-refractivity contribution in [3.63, 3.8) is 0 Å². The molecule has 0 aromatic rings. The van der Waals surface area contributed by atoms with E-state index in [0.717, 1.165) is 30.2 Å². The minimum Gasteiger partial charge on any atom is -0.317 e. The van der Waals surface area contributed by atoms with Crippen LogP contribution in [0.3, 0.4) is 0 Å². The number of nitrogens with zero attached hydrogens (tertiary/aromatic N) is 1. The van der Waals surface area contributed by atoms with Gasteiger partial charge in [0.15, 0.2) is 0 Å². The fourth-order valence-corrected chi connectivity index (χ4v) is 4.76. The molecule has 2 saturated carbocycles. The lowest BCUT2D eigenvalue weighted by atomic mass is 9.87. The molecule has 0 radical (unpaired) electrons. The number of likely N-dealkylation sites (tertiary alicyclic amines) is 1. The van der Waals surface area contributed by atoms with Gasteiger partial charge in [-0.1, -0.05) is 13.3 Å². The van der Waals surface area contributed by atoms with Crippen molar-refractivity contribution in [2.45, 2.75) is 45.4 Å². The fraction of sp³-hybridized carbons (Fsp3) is 1.00. The summed E-state index contributed by atoms with van der Waals surface area (Å²) in [6.45, 7) is 8.74. The number of rotatable bonds is 5. The number of hydrogen-bond acceptors (Lipinski definition) is 2. The average Bonchev–Trinajstić information content (AvgIpc) is 2.99. The first-order valence-electron chi connectivity index (χ1n) is 8.28. The van der Waals surface area contributed by atoms with Crippen LogP contribution in [-0.4, -0.2) is 37.6 Å². The van der Waals surface area contributed by atoms with Gasteiger partial charge in [0.05, 0.1) is 0 Å². The Balaban J connectivity index is 1.44. The molecule has 0 spiro atoms. The van der Waals surface area contributed by atoms with E-state index in [1.807, 2.05) is 0 Å². The Morgan fingerprint density at radius 3 is 2.83 bits per heavy atom. The third-order valence-corrected chi connectivity index (χ3v) is 5.66. The van der Waals surface area contributed by atoms with Gasteiger partial charge in [0, 0.05) is 13.1 Å². The molecule has 104 valence electrons. The summed E-state index contributed by atoms with van der Waals surface area (Å²) in [5, 5.41) is 3.53. The van der Waals surface area contributed by atoms with Crippen LogP contribution in [0.1, 0.15) is 45.4 Å². The minimum absolute atomic E-state index is 0.914. The molecule has 4 unspecified atom stereocenters. The van der Waals surface area contributed by atoms with Crippen LogP contribution in [0.4, 0.5) is 0 Å². The molecule has 1 heterocycles. The molecule has 3 rings (SSSR count). The van der Waals surface area contributed by atoms with Gasteiger partial charge < -0.3 is 10.2 Å². The Morgan fingerprint density at radius 1 is 1.17 bits per heavy atom. The first-order chi connectivity index (χ1) is 8.85. The van der Waals surface area contributed by atoms with E-state index < -0.39 is 0 Å². The van der Waals surface area contributed by atoms with Crippen molar-refractivity contribution >= 4 is 0 Å². The molecule has 2 nitrogen and oxygen atoms in total. The molecule has 3 aliphatic rings. The molecule has 3 fully saturated rings. The average molecular weight is 250 g/mol. The van der Waals surface area contributed by atoms with Crippen molar-refractivity contribution in [1.82, 2.24) is 10.2 Å². The van der Waals surface area contributed by atoms with Crippen LogP contribution in [0, 0.1) is 23.7 Å². The Kier molecular flexibility index (Phi) is 4.25. The summed E-state index contributed by atoms with van der Waals surface area (Å²) >= 11 is 0. The topological polar surface area (TPSA) is 15.3 Å².